The van der Waals surface area contributed by atoms with Gasteiger partial charge in [-0.05, 0) is 29.0 Å². The van der Waals surface area contributed by atoms with Crippen LogP contribution in [-0.2, 0) is 7.05 Å². The molecule has 0 aliphatic carbocycles. The second kappa shape index (κ2) is 4.02. The Balaban J connectivity index is 2.88. The molecule has 0 amide bonds. The van der Waals surface area contributed by atoms with E-state index in [0.717, 1.165) is 10.1 Å². The number of rotatable bonds is 3. The molecule has 0 aliphatic rings. The van der Waals surface area contributed by atoms with E-state index in [1.807, 2.05) is 18.5 Å². The summed E-state index contributed by atoms with van der Waals surface area (Å²) in [5, 5.41) is 0. The number of carbonyl (C=O) groups is 1. The van der Waals surface area contributed by atoms with Crippen LogP contribution < -0.4 is 0 Å². The van der Waals surface area contributed by atoms with Gasteiger partial charge in [0.05, 0.1) is 9.90 Å². The second-order valence-electron chi connectivity index (χ2n) is 2.64. The topological polar surface area (TPSA) is 34.9 Å². The number of Topliss-reactive ketones (excluding diaryl/α,β-unsaturated/α-hetero) is 1. The number of carbonyl (C=O) groups excluding carboxylic acids is 1. The highest BCUT2D eigenvalue weighted by molar-refractivity contribution is 14.1. The van der Waals surface area contributed by atoms with Crippen LogP contribution in [0.2, 0.25) is 0 Å². The van der Waals surface area contributed by atoms with Gasteiger partial charge in [-0.2, -0.15) is 0 Å². The van der Waals surface area contributed by atoms with E-state index >= 15 is 0 Å². The summed E-state index contributed by atoms with van der Waals surface area (Å²) in [5.41, 5.74) is 0. The third-order valence-electron chi connectivity index (χ3n) is 1.66. The first-order chi connectivity index (χ1) is 5.66. The number of halogens is 1. The molecule has 12 heavy (non-hydrogen) atoms. The van der Waals surface area contributed by atoms with Crippen LogP contribution in [0.3, 0.4) is 0 Å². The maximum Gasteiger partial charge on any atom is 0.198 e. The Morgan fingerprint density at radius 1 is 1.75 bits per heavy atom. The molecule has 4 heteroatoms. The molecule has 0 saturated heterocycles. The molecule has 66 valence electrons. The minimum absolute atomic E-state index is 0.128. The Kier molecular flexibility index (Phi) is 3.25. The van der Waals surface area contributed by atoms with E-state index in [1.54, 1.807) is 6.20 Å². The van der Waals surface area contributed by atoms with Crippen molar-refractivity contribution in [2.75, 3.05) is 0 Å². The Bertz CT molecular complexity index is 293. The van der Waals surface area contributed by atoms with Gasteiger partial charge >= 0.3 is 0 Å². The zero-order valence-electron chi connectivity index (χ0n) is 7.17. The second-order valence-corrected chi connectivity index (χ2v) is 3.74. The van der Waals surface area contributed by atoms with E-state index in [0.29, 0.717) is 12.2 Å². The van der Waals surface area contributed by atoms with Crippen LogP contribution in [-0.4, -0.2) is 15.3 Å². The summed E-state index contributed by atoms with van der Waals surface area (Å²) in [4.78, 5) is 15.4. The SMILES string of the molecule is CCCC(=O)c1ncc(I)n1C. The van der Waals surface area contributed by atoms with Crippen molar-refractivity contribution in [3.8, 4) is 0 Å². The molecule has 0 radical (unpaired) electrons. The number of imidazole rings is 1. The zero-order valence-corrected chi connectivity index (χ0v) is 9.33. The van der Waals surface area contributed by atoms with E-state index in [4.69, 9.17) is 0 Å². The van der Waals surface area contributed by atoms with E-state index < -0.39 is 0 Å². The van der Waals surface area contributed by atoms with Crippen LogP contribution >= 0.6 is 22.6 Å². The fourth-order valence-electron chi connectivity index (χ4n) is 0.987. The first-order valence-electron chi connectivity index (χ1n) is 3.87. The van der Waals surface area contributed by atoms with Crippen molar-refractivity contribution in [3.63, 3.8) is 0 Å². The molecule has 1 rings (SSSR count). The van der Waals surface area contributed by atoms with Crippen LogP contribution in [0.1, 0.15) is 30.4 Å². The van der Waals surface area contributed by atoms with Crippen molar-refractivity contribution in [2.45, 2.75) is 19.8 Å². The smallest absolute Gasteiger partial charge is 0.198 e. The zero-order chi connectivity index (χ0) is 9.14. The lowest BCUT2D eigenvalue weighted by molar-refractivity contribution is 0.0968. The maximum absolute atomic E-state index is 11.4. The summed E-state index contributed by atoms with van der Waals surface area (Å²) < 4.78 is 2.81. The van der Waals surface area contributed by atoms with Crippen LogP contribution in [0.25, 0.3) is 0 Å². The third-order valence-corrected chi connectivity index (χ3v) is 2.66. The Morgan fingerprint density at radius 3 is 2.83 bits per heavy atom. The fourth-order valence-corrected chi connectivity index (χ4v) is 1.35. The molecular formula is C8H11IN2O. The molecule has 0 unspecified atom stereocenters. The number of aromatic nitrogens is 2. The number of hydrogen-bond donors (Lipinski definition) is 0. The van der Waals surface area contributed by atoms with E-state index in [2.05, 4.69) is 27.6 Å². The highest BCUT2D eigenvalue weighted by Gasteiger charge is 2.11. The largest absolute Gasteiger partial charge is 0.320 e. The number of nitrogens with zero attached hydrogens (tertiary/aromatic N) is 2. The molecular weight excluding hydrogens is 267 g/mol. The number of ketones is 1. The standard InChI is InChI=1S/C8H11IN2O/c1-3-4-6(12)8-10-5-7(9)11(8)2/h5H,3-4H2,1-2H3. The summed E-state index contributed by atoms with van der Waals surface area (Å²) in [5.74, 6) is 0.698. The summed E-state index contributed by atoms with van der Waals surface area (Å²) >= 11 is 2.16. The van der Waals surface area contributed by atoms with Crippen LogP contribution in [0, 0.1) is 3.70 Å². The molecule has 0 spiro atoms. The Hall–Kier alpha value is -0.390. The van der Waals surface area contributed by atoms with Gasteiger partial charge in [0.2, 0.25) is 0 Å². The van der Waals surface area contributed by atoms with Gasteiger partial charge in [0.15, 0.2) is 11.6 Å². The molecule has 0 fully saturated rings. The summed E-state index contributed by atoms with van der Waals surface area (Å²) in [6.45, 7) is 1.99. The summed E-state index contributed by atoms with van der Waals surface area (Å²) in [6.07, 6.45) is 3.17. The van der Waals surface area contributed by atoms with Gasteiger partial charge in [-0.25, -0.2) is 4.98 Å². The molecule has 0 aliphatic heterocycles. The highest BCUT2D eigenvalue weighted by atomic mass is 127. The monoisotopic (exact) mass is 278 g/mol. The van der Waals surface area contributed by atoms with Gasteiger partial charge in [0.25, 0.3) is 0 Å². The highest BCUT2D eigenvalue weighted by Crippen LogP contribution is 2.08. The van der Waals surface area contributed by atoms with Gasteiger partial charge < -0.3 is 4.57 Å². The lowest BCUT2D eigenvalue weighted by Gasteiger charge is -1.99. The normalized spacial score (nSPS) is 10.2. The molecule has 3 nitrogen and oxygen atoms in total. The molecule has 0 atom stereocenters. The summed E-state index contributed by atoms with van der Waals surface area (Å²) in [7, 11) is 1.86. The van der Waals surface area contributed by atoms with Crippen LogP contribution in [0.4, 0.5) is 0 Å². The quantitative estimate of drug-likeness (QED) is 0.626. The maximum atomic E-state index is 11.4. The minimum Gasteiger partial charge on any atom is -0.320 e. The molecule has 0 saturated carbocycles. The van der Waals surface area contributed by atoms with Gasteiger partial charge in [-0.3, -0.25) is 4.79 Å². The van der Waals surface area contributed by atoms with Crippen molar-refractivity contribution < 1.29 is 4.79 Å². The molecule has 1 aromatic heterocycles. The van der Waals surface area contributed by atoms with Crippen molar-refractivity contribution in [1.82, 2.24) is 9.55 Å². The van der Waals surface area contributed by atoms with Crippen molar-refractivity contribution in [2.24, 2.45) is 7.05 Å². The molecule has 0 N–H and O–H groups in total. The molecule has 1 heterocycles. The minimum atomic E-state index is 0.128. The average Bonchev–Trinajstić information content (AvgIpc) is 2.34. The first-order valence-corrected chi connectivity index (χ1v) is 4.95. The number of hydrogen-bond acceptors (Lipinski definition) is 2. The molecule has 1 aromatic rings. The van der Waals surface area contributed by atoms with Crippen molar-refractivity contribution in [1.29, 1.82) is 0 Å². The Morgan fingerprint density at radius 2 is 2.42 bits per heavy atom. The van der Waals surface area contributed by atoms with Crippen LogP contribution in [0.5, 0.6) is 0 Å². The van der Waals surface area contributed by atoms with Crippen molar-refractivity contribution in [3.05, 3.63) is 15.7 Å². The van der Waals surface area contributed by atoms with Crippen LogP contribution in [0.15, 0.2) is 6.20 Å². The van der Waals surface area contributed by atoms with Gasteiger partial charge in [-0.1, -0.05) is 6.92 Å². The first kappa shape index (κ1) is 9.70. The fraction of sp³-hybridized carbons (Fsp3) is 0.500. The average molecular weight is 278 g/mol. The predicted octanol–water partition coefficient (Wildman–Crippen LogP) is 2.01. The third kappa shape index (κ3) is 1.85. The van der Waals surface area contributed by atoms with E-state index in [1.165, 1.54) is 0 Å². The summed E-state index contributed by atoms with van der Waals surface area (Å²) in [6, 6.07) is 0. The van der Waals surface area contributed by atoms with Gasteiger partial charge in [0, 0.05) is 13.5 Å². The van der Waals surface area contributed by atoms with Crippen molar-refractivity contribution >= 4 is 28.4 Å². The molecule has 0 aromatic carbocycles. The van der Waals surface area contributed by atoms with Gasteiger partial charge in [-0.15, -0.1) is 0 Å². The lowest BCUT2D eigenvalue weighted by atomic mass is 10.2. The lowest BCUT2D eigenvalue weighted by Crippen LogP contribution is -2.07. The molecule has 0 bridgehead atoms. The predicted molar refractivity (Wildman–Crippen MR) is 55.2 cm³/mol. The Labute approximate surface area is 85.3 Å². The van der Waals surface area contributed by atoms with Gasteiger partial charge in [0.1, 0.15) is 0 Å². The van der Waals surface area contributed by atoms with E-state index in [9.17, 15) is 4.79 Å². The van der Waals surface area contributed by atoms with E-state index in [-0.39, 0.29) is 5.78 Å².